The highest BCUT2D eigenvalue weighted by atomic mass is 35.5. The Morgan fingerprint density at radius 1 is 1.14 bits per heavy atom. The molecule has 0 heterocycles. The van der Waals surface area contributed by atoms with Gasteiger partial charge in [-0.05, 0) is 42.0 Å². The lowest BCUT2D eigenvalue weighted by molar-refractivity contribution is -0.119. The van der Waals surface area contributed by atoms with Crippen molar-refractivity contribution in [1.29, 1.82) is 0 Å². The predicted octanol–water partition coefficient (Wildman–Crippen LogP) is 3.95. The minimum Gasteiger partial charge on any atom is -0.354 e. The van der Waals surface area contributed by atoms with Gasteiger partial charge in [0, 0.05) is 28.1 Å². The number of benzene rings is 2. The van der Waals surface area contributed by atoms with Gasteiger partial charge in [0.05, 0.1) is 11.9 Å². The lowest BCUT2D eigenvalue weighted by Crippen LogP contribution is -2.41. The van der Waals surface area contributed by atoms with Gasteiger partial charge in [-0.25, -0.2) is 12.8 Å². The summed E-state index contributed by atoms with van der Waals surface area (Å²) < 4.78 is 37.9. The highest BCUT2D eigenvalue weighted by Crippen LogP contribution is 2.28. The molecule has 2 rings (SSSR count). The Hall–Kier alpha value is -1.48. The smallest absolute Gasteiger partial charge is 0.240 e. The number of carbonyl (C=O) groups excluding carboxylic acids is 1. The maximum atomic E-state index is 13.1. The third-order valence-electron chi connectivity index (χ3n) is 3.68. The summed E-state index contributed by atoms with van der Waals surface area (Å²) in [5, 5.41) is 3.86. The molecule has 1 amide bonds. The topological polar surface area (TPSA) is 66.5 Å². The van der Waals surface area contributed by atoms with Gasteiger partial charge in [0.25, 0.3) is 0 Å². The van der Waals surface area contributed by atoms with Gasteiger partial charge in [0.2, 0.25) is 15.9 Å². The van der Waals surface area contributed by atoms with Crippen molar-refractivity contribution in [3.63, 3.8) is 0 Å². The van der Waals surface area contributed by atoms with Crippen molar-refractivity contribution < 1.29 is 17.6 Å². The van der Waals surface area contributed by atoms with E-state index in [1.807, 2.05) is 0 Å². The van der Waals surface area contributed by atoms with Gasteiger partial charge < -0.3 is 5.32 Å². The van der Waals surface area contributed by atoms with E-state index in [1.165, 1.54) is 12.1 Å². The summed E-state index contributed by atoms with van der Waals surface area (Å²) in [4.78, 5) is 12.1. The first kappa shape index (κ1) is 22.8. The first-order valence-electron chi connectivity index (χ1n) is 8.19. The van der Waals surface area contributed by atoms with Gasteiger partial charge in [0.15, 0.2) is 0 Å². The fraction of sp³-hybridized carbons (Fsp3) is 0.278. The van der Waals surface area contributed by atoms with Crippen LogP contribution in [0.25, 0.3) is 0 Å². The number of amides is 1. The molecule has 0 radical (unpaired) electrons. The largest absolute Gasteiger partial charge is 0.354 e. The molecule has 1 N–H and O–H groups in total. The van der Waals surface area contributed by atoms with Crippen LogP contribution in [-0.2, 0) is 20.6 Å². The van der Waals surface area contributed by atoms with Crippen LogP contribution in [0.3, 0.4) is 0 Å². The number of hydrogen-bond acceptors (Lipinski definition) is 4. The maximum Gasteiger partial charge on any atom is 0.240 e. The van der Waals surface area contributed by atoms with Crippen LogP contribution in [0, 0.1) is 5.82 Å². The molecule has 0 unspecified atom stereocenters. The molecule has 5 nitrogen and oxygen atoms in total. The Morgan fingerprint density at radius 2 is 1.75 bits per heavy atom. The second kappa shape index (κ2) is 10.3. The quantitative estimate of drug-likeness (QED) is 0.570. The molecule has 0 saturated heterocycles. The molecule has 0 atom stereocenters. The number of thioether (sulfide) groups is 1. The van der Waals surface area contributed by atoms with Crippen LogP contribution in [0.15, 0.2) is 42.5 Å². The number of nitrogens with zero attached hydrogens (tertiary/aromatic N) is 1. The number of sulfonamides is 1. The zero-order chi connectivity index (χ0) is 20.7. The molecule has 0 aliphatic rings. The van der Waals surface area contributed by atoms with E-state index < -0.39 is 21.7 Å². The number of rotatable bonds is 9. The minimum absolute atomic E-state index is 0.224. The van der Waals surface area contributed by atoms with Crippen molar-refractivity contribution >= 4 is 56.6 Å². The molecule has 10 heteroatoms. The van der Waals surface area contributed by atoms with Gasteiger partial charge in [-0.2, -0.15) is 11.8 Å². The summed E-state index contributed by atoms with van der Waals surface area (Å²) in [5.41, 5.74) is 1.06. The maximum absolute atomic E-state index is 13.1. The Labute approximate surface area is 178 Å². The molecule has 28 heavy (non-hydrogen) atoms. The minimum atomic E-state index is -3.69. The van der Waals surface area contributed by atoms with Crippen molar-refractivity contribution in [2.75, 3.05) is 29.4 Å². The highest BCUT2D eigenvalue weighted by Gasteiger charge is 2.20. The van der Waals surface area contributed by atoms with Gasteiger partial charge in [0.1, 0.15) is 12.4 Å². The van der Waals surface area contributed by atoms with Gasteiger partial charge in [-0.15, -0.1) is 0 Å². The molecule has 2 aromatic rings. The summed E-state index contributed by atoms with van der Waals surface area (Å²) in [5.74, 6) is 0.255. The molecule has 0 bridgehead atoms. The van der Waals surface area contributed by atoms with Gasteiger partial charge >= 0.3 is 0 Å². The summed E-state index contributed by atoms with van der Waals surface area (Å²) in [6, 6.07) is 10.2. The molecular weight excluding hydrogens is 446 g/mol. The first-order valence-corrected chi connectivity index (χ1v) is 11.9. The van der Waals surface area contributed by atoms with Crippen LogP contribution < -0.4 is 9.62 Å². The van der Waals surface area contributed by atoms with Crippen LogP contribution in [0.1, 0.15) is 5.56 Å². The van der Waals surface area contributed by atoms with E-state index in [1.54, 1.807) is 30.0 Å². The number of nitrogens with one attached hydrogen (secondary N) is 1. The number of hydrogen-bond donors (Lipinski definition) is 1. The van der Waals surface area contributed by atoms with E-state index in [2.05, 4.69) is 5.32 Å². The van der Waals surface area contributed by atoms with E-state index in [4.69, 9.17) is 23.2 Å². The Balaban J connectivity index is 1.84. The first-order chi connectivity index (χ1) is 13.2. The third-order valence-corrected chi connectivity index (χ3v) is 6.51. The average molecular weight is 465 g/mol. The zero-order valence-electron chi connectivity index (χ0n) is 15.0. The Bertz CT molecular complexity index is 905. The molecule has 0 aliphatic carbocycles. The third kappa shape index (κ3) is 6.84. The Morgan fingerprint density at radius 3 is 2.32 bits per heavy atom. The lowest BCUT2D eigenvalue weighted by atomic mass is 10.2. The molecule has 0 aromatic heterocycles. The van der Waals surface area contributed by atoms with Crippen LogP contribution in [0.4, 0.5) is 10.1 Å². The van der Waals surface area contributed by atoms with Crippen molar-refractivity contribution in [3.05, 3.63) is 63.9 Å². The zero-order valence-corrected chi connectivity index (χ0v) is 18.1. The molecule has 0 aliphatic heterocycles. The van der Waals surface area contributed by atoms with Crippen LogP contribution in [-0.4, -0.2) is 39.4 Å². The molecule has 2 aromatic carbocycles. The van der Waals surface area contributed by atoms with Crippen LogP contribution in [0.2, 0.25) is 10.0 Å². The van der Waals surface area contributed by atoms with E-state index in [-0.39, 0.29) is 12.2 Å². The van der Waals surface area contributed by atoms with Gasteiger partial charge in [-0.1, -0.05) is 29.3 Å². The van der Waals surface area contributed by atoms with E-state index in [0.717, 1.165) is 28.3 Å². The Kier molecular flexibility index (Phi) is 8.42. The number of carbonyl (C=O) groups is 1. The average Bonchev–Trinajstić information content (AvgIpc) is 2.61. The van der Waals surface area contributed by atoms with Crippen molar-refractivity contribution in [2.24, 2.45) is 0 Å². The fourth-order valence-electron chi connectivity index (χ4n) is 2.30. The number of anilines is 1. The molecular formula is C18H19Cl2FN2O3S2. The standard InChI is InChI=1S/C18H19Cl2FN2O3S2/c1-28(25,26)23(14-7-5-13(21)6-8-14)11-18(24)22-9-10-27-12-15-16(19)3-2-4-17(15)20/h2-8H,9-12H2,1H3,(H,22,24). The van der Waals surface area contributed by atoms with Gasteiger partial charge in [-0.3, -0.25) is 9.10 Å². The fourth-order valence-corrected chi connectivity index (χ4v) is 4.75. The lowest BCUT2D eigenvalue weighted by Gasteiger charge is -2.21. The highest BCUT2D eigenvalue weighted by molar-refractivity contribution is 7.98. The van der Waals surface area contributed by atoms with Crippen LogP contribution >= 0.6 is 35.0 Å². The monoisotopic (exact) mass is 464 g/mol. The number of halogens is 3. The molecule has 0 fully saturated rings. The van der Waals surface area contributed by atoms with E-state index in [0.29, 0.717) is 28.1 Å². The van der Waals surface area contributed by atoms with E-state index >= 15 is 0 Å². The second-order valence-corrected chi connectivity index (χ2v) is 9.68. The van der Waals surface area contributed by atoms with Crippen molar-refractivity contribution in [1.82, 2.24) is 5.32 Å². The molecule has 152 valence electrons. The molecule has 0 saturated carbocycles. The second-order valence-electron chi connectivity index (χ2n) is 5.85. The van der Waals surface area contributed by atoms with Crippen LogP contribution in [0.5, 0.6) is 0 Å². The summed E-state index contributed by atoms with van der Waals surface area (Å²) >= 11 is 13.8. The molecule has 0 spiro atoms. The van der Waals surface area contributed by atoms with E-state index in [9.17, 15) is 17.6 Å². The van der Waals surface area contributed by atoms with Crippen molar-refractivity contribution in [3.8, 4) is 0 Å². The summed E-state index contributed by atoms with van der Waals surface area (Å²) in [7, 11) is -3.69. The summed E-state index contributed by atoms with van der Waals surface area (Å²) in [6.45, 7) is -0.0297. The van der Waals surface area contributed by atoms with Crippen molar-refractivity contribution in [2.45, 2.75) is 5.75 Å². The SMILES string of the molecule is CS(=O)(=O)N(CC(=O)NCCSCc1c(Cl)cccc1Cl)c1ccc(F)cc1. The predicted molar refractivity (Wildman–Crippen MR) is 114 cm³/mol. The summed E-state index contributed by atoms with van der Waals surface area (Å²) in [6.07, 6.45) is 0.993. The normalized spacial score (nSPS) is 11.3.